The van der Waals surface area contributed by atoms with Crippen molar-refractivity contribution >= 4 is 5.97 Å². The monoisotopic (exact) mass is 198 g/mol. The van der Waals surface area contributed by atoms with Gasteiger partial charge in [-0.25, -0.2) is 4.79 Å². The first-order valence-corrected chi connectivity index (χ1v) is 5.60. The van der Waals surface area contributed by atoms with E-state index >= 15 is 0 Å². The summed E-state index contributed by atoms with van der Waals surface area (Å²) in [5.41, 5.74) is -0.194. The highest BCUT2D eigenvalue weighted by Crippen LogP contribution is 2.43. The second kappa shape index (κ2) is 3.54. The molecule has 14 heavy (non-hydrogen) atoms. The van der Waals surface area contributed by atoms with Gasteiger partial charge in [0.05, 0.1) is 0 Å². The molecule has 0 bridgehead atoms. The van der Waals surface area contributed by atoms with Crippen LogP contribution in [0.3, 0.4) is 0 Å². The Hall–Kier alpha value is -0.570. The largest absolute Gasteiger partial charge is 0.460 e. The van der Waals surface area contributed by atoms with Crippen molar-refractivity contribution in [3.8, 4) is 0 Å². The Bertz CT molecular complexity index is 229. The lowest BCUT2D eigenvalue weighted by molar-refractivity contribution is -0.154. The van der Waals surface area contributed by atoms with E-state index in [4.69, 9.17) is 9.47 Å². The maximum absolute atomic E-state index is 11.6. The van der Waals surface area contributed by atoms with E-state index in [1.165, 1.54) is 6.42 Å². The number of ether oxygens (including phenoxy) is 2. The number of epoxide rings is 1. The molecule has 3 heteroatoms. The van der Waals surface area contributed by atoms with Crippen LogP contribution in [0.1, 0.15) is 46.0 Å². The molecule has 0 aromatic rings. The first kappa shape index (κ1) is 9.97. The van der Waals surface area contributed by atoms with Gasteiger partial charge >= 0.3 is 5.97 Å². The summed E-state index contributed by atoms with van der Waals surface area (Å²) in [5.74, 6) is -0.140. The third kappa shape index (κ3) is 1.54. The van der Waals surface area contributed by atoms with Gasteiger partial charge in [-0.1, -0.05) is 13.8 Å². The predicted molar refractivity (Wildman–Crippen MR) is 51.9 cm³/mol. The van der Waals surface area contributed by atoms with Crippen LogP contribution in [0.25, 0.3) is 0 Å². The average molecular weight is 198 g/mol. The fourth-order valence-corrected chi connectivity index (χ4v) is 1.97. The molecule has 1 aliphatic carbocycles. The van der Waals surface area contributed by atoms with Gasteiger partial charge in [-0.15, -0.1) is 0 Å². The molecule has 1 unspecified atom stereocenters. The molecule has 1 heterocycles. The molecule has 0 amide bonds. The average Bonchev–Trinajstić information content (AvgIpc) is 2.86. The molecule has 1 saturated heterocycles. The third-order valence-electron chi connectivity index (χ3n) is 3.52. The van der Waals surface area contributed by atoms with Crippen LogP contribution in [0, 0.1) is 0 Å². The summed E-state index contributed by atoms with van der Waals surface area (Å²) >= 11 is 0. The maximum Gasteiger partial charge on any atom is 0.338 e. The molecule has 80 valence electrons. The van der Waals surface area contributed by atoms with Crippen LogP contribution in [0.4, 0.5) is 0 Å². The van der Waals surface area contributed by atoms with Gasteiger partial charge in [0, 0.05) is 0 Å². The van der Waals surface area contributed by atoms with E-state index in [1.54, 1.807) is 0 Å². The summed E-state index contributed by atoms with van der Waals surface area (Å²) in [5, 5.41) is 0. The van der Waals surface area contributed by atoms with E-state index in [1.807, 2.05) is 0 Å². The van der Waals surface area contributed by atoms with Crippen LogP contribution in [0.15, 0.2) is 0 Å². The zero-order valence-electron chi connectivity index (χ0n) is 8.91. The Labute approximate surface area is 84.8 Å². The topological polar surface area (TPSA) is 38.8 Å². The second-order valence-electron chi connectivity index (χ2n) is 4.26. The van der Waals surface area contributed by atoms with Crippen molar-refractivity contribution in [2.24, 2.45) is 0 Å². The van der Waals surface area contributed by atoms with Gasteiger partial charge in [0.15, 0.2) is 6.10 Å². The molecule has 3 nitrogen and oxygen atoms in total. The number of carbonyl (C=O) groups is 1. The van der Waals surface area contributed by atoms with Crippen LogP contribution in [0.2, 0.25) is 0 Å². The third-order valence-corrected chi connectivity index (χ3v) is 3.52. The van der Waals surface area contributed by atoms with Gasteiger partial charge in [-0.2, -0.15) is 0 Å². The lowest BCUT2D eigenvalue weighted by Gasteiger charge is -2.24. The number of hydrogen-bond acceptors (Lipinski definition) is 3. The van der Waals surface area contributed by atoms with Gasteiger partial charge in [0.25, 0.3) is 0 Å². The SMILES string of the molecule is CCC1(CC)OC1C(=O)OC1CCC1. The Kier molecular flexibility index (Phi) is 2.52. The van der Waals surface area contributed by atoms with Gasteiger partial charge < -0.3 is 9.47 Å². The summed E-state index contributed by atoms with van der Waals surface area (Å²) < 4.78 is 10.8. The lowest BCUT2D eigenvalue weighted by atomic mass is 9.95. The second-order valence-corrected chi connectivity index (χ2v) is 4.26. The van der Waals surface area contributed by atoms with Crippen LogP contribution in [-0.2, 0) is 14.3 Å². The first-order chi connectivity index (χ1) is 6.72. The lowest BCUT2D eigenvalue weighted by Crippen LogP contribution is -2.30. The van der Waals surface area contributed by atoms with Crippen LogP contribution >= 0.6 is 0 Å². The minimum atomic E-state index is -0.280. The molecule has 2 aliphatic rings. The Morgan fingerprint density at radius 2 is 2.07 bits per heavy atom. The molecule has 1 saturated carbocycles. The van der Waals surface area contributed by atoms with E-state index in [9.17, 15) is 4.79 Å². The minimum Gasteiger partial charge on any atom is -0.460 e. The summed E-state index contributed by atoms with van der Waals surface area (Å²) in [7, 11) is 0. The van der Waals surface area contributed by atoms with E-state index < -0.39 is 0 Å². The highest BCUT2D eigenvalue weighted by atomic mass is 16.7. The molecule has 2 fully saturated rings. The molecule has 0 aromatic heterocycles. The Morgan fingerprint density at radius 1 is 1.43 bits per heavy atom. The van der Waals surface area contributed by atoms with Crippen LogP contribution in [-0.4, -0.2) is 23.8 Å². The molecule has 1 aliphatic heterocycles. The quantitative estimate of drug-likeness (QED) is 0.512. The van der Waals surface area contributed by atoms with Crippen molar-refractivity contribution in [1.82, 2.24) is 0 Å². The van der Waals surface area contributed by atoms with Crippen molar-refractivity contribution in [3.63, 3.8) is 0 Å². The molecule has 0 aromatic carbocycles. The maximum atomic E-state index is 11.6. The Balaban J connectivity index is 1.82. The standard InChI is InChI=1S/C11H18O3/c1-3-11(4-2)9(14-11)10(12)13-8-6-5-7-8/h8-9H,3-7H2,1-2H3. The van der Waals surface area contributed by atoms with Gasteiger partial charge in [-0.3, -0.25) is 0 Å². The van der Waals surface area contributed by atoms with Crippen molar-refractivity contribution < 1.29 is 14.3 Å². The predicted octanol–water partition coefficient (Wildman–Crippen LogP) is 2.04. The summed E-state index contributed by atoms with van der Waals surface area (Å²) in [6, 6.07) is 0. The fraction of sp³-hybridized carbons (Fsp3) is 0.909. The van der Waals surface area contributed by atoms with E-state index in [0.29, 0.717) is 0 Å². The van der Waals surface area contributed by atoms with Crippen LogP contribution in [0.5, 0.6) is 0 Å². The van der Waals surface area contributed by atoms with E-state index in [0.717, 1.165) is 25.7 Å². The highest BCUT2D eigenvalue weighted by Gasteiger charge is 2.59. The smallest absolute Gasteiger partial charge is 0.338 e. The molecule has 0 N–H and O–H groups in total. The minimum absolute atomic E-state index is 0.140. The number of esters is 1. The molecule has 1 atom stereocenters. The van der Waals surface area contributed by atoms with Crippen molar-refractivity contribution in [2.75, 3.05) is 0 Å². The molecule has 0 spiro atoms. The number of hydrogen-bond donors (Lipinski definition) is 0. The van der Waals surface area contributed by atoms with Gasteiger partial charge in [-0.05, 0) is 32.1 Å². The molecule has 2 rings (SSSR count). The summed E-state index contributed by atoms with van der Waals surface area (Å²) in [6.07, 6.45) is 4.95. The van der Waals surface area contributed by atoms with Gasteiger partial charge in [0.2, 0.25) is 0 Å². The number of rotatable bonds is 4. The first-order valence-electron chi connectivity index (χ1n) is 5.60. The fourth-order valence-electron chi connectivity index (χ4n) is 1.97. The van der Waals surface area contributed by atoms with Crippen LogP contribution < -0.4 is 0 Å². The Morgan fingerprint density at radius 3 is 2.43 bits per heavy atom. The van der Waals surface area contributed by atoms with E-state index in [-0.39, 0.29) is 23.8 Å². The van der Waals surface area contributed by atoms with Crippen molar-refractivity contribution in [1.29, 1.82) is 0 Å². The zero-order valence-corrected chi connectivity index (χ0v) is 8.91. The highest BCUT2D eigenvalue weighted by molar-refractivity contribution is 5.79. The normalized spacial score (nSPS) is 29.4. The summed E-state index contributed by atoms with van der Waals surface area (Å²) in [6.45, 7) is 4.11. The van der Waals surface area contributed by atoms with Crippen molar-refractivity contribution in [3.05, 3.63) is 0 Å². The zero-order chi connectivity index (χ0) is 10.2. The summed E-state index contributed by atoms with van der Waals surface area (Å²) in [4.78, 5) is 11.6. The van der Waals surface area contributed by atoms with Gasteiger partial charge in [0.1, 0.15) is 11.7 Å². The molecule has 0 radical (unpaired) electrons. The van der Waals surface area contributed by atoms with E-state index in [2.05, 4.69) is 13.8 Å². The van der Waals surface area contributed by atoms with Crippen molar-refractivity contribution in [2.45, 2.75) is 63.8 Å². The molecular weight excluding hydrogens is 180 g/mol. The number of carbonyl (C=O) groups excluding carboxylic acids is 1. The molecular formula is C11H18O3.